The first-order valence-corrected chi connectivity index (χ1v) is 6.97. The summed E-state index contributed by atoms with van der Waals surface area (Å²) in [5.74, 6) is 0. The molecule has 0 saturated heterocycles. The Kier molecular flexibility index (Phi) is 4.53. The van der Waals surface area contributed by atoms with E-state index in [1.807, 2.05) is 18.2 Å². The molecule has 1 aromatic carbocycles. The highest BCUT2D eigenvalue weighted by molar-refractivity contribution is 7.12. The van der Waals surface area contributed by atoms with E-state index in [9.17, 15) is 0 Å². The van der Waals surface area contributed by atoms with Gasteiger partial charge in [0.05, 0.1) is 12.7 Å². The van der Waals surface area contributed by atoms with Crippen LogP contribution in [0.25, 0.3) is 0 Å². The lowest BCUT2D eigenvalue weighted by Gasteiger charge is -2.13. The van der Waals surface area contributed by atoms with Crippen LogP contribution in [-0.4, -0.2) is 0 Å². The third-order valence-electron chi connectivity index (χ3n) is 3.03. The van der Waals surface area contributed by atoms with Crippen LogP contribution in [0, 0.1) is 6.92 Å². The van der Waals surface area contributed by atoms with Gasteiger partial charge in [-0.05, 0) is 31.0 Å². The van der Waals surface area contributed by atoms with Gasteiger partial charge in [0.1, 0.15) is 0 Å². The van der Waals surface area contributed by atoms with Gasteiger partial charge in [0, 0.05) is 16.3 Å². The van der Waals surface area contributed by atoms with Gasteiger partial charge in [0.2, 0.25) is 0 Å². The van der Waals surface area contributed by atoms with E-state index in [4.69, 9.17) is 10.5 Å². The molecule has 0 saturated carbocycles. The molecule has 0 spiro atoms. The first-order chi connectivity index (χ1) is 8.70. The topological polar surface area (TPSA) is 35.2 Å². The summed E-state index contributed by atoms with van der Waals surface area (Å²) in [6.45, 7) is 5.47. The average Bonchev–Trinajstić information content (AvgIpc) is 2.77. The summed E-state index contributed by atoms with van der Waals surface area (Å²) in [5.41, 5.74) is 8.11. The molecule has 0 fully saturated rings. The molecular formula is C15H19NOS. The molecule has 1 aromatic heterocycles. The van der Waals surface area contributed by atoms with E-state index < -0.39 is 0 Å². The van der Waals surface area contributed by atoms with E-state index in [-0.39, 0.29) is 6.10 Å². The number of aryl methyl sites for hydroxylation is 1. The third kappa shape index (κ3) is 3.19. The van der Waals surface area contributed by atoms with Gasteiger partial charge >= 0.3 is 0 Å². The van der Waals surface area contributed by atoms with Crippen molar-refractivity contribution < 1.29 is 4.74 Å². The van der Waals surface area contributed by atoms with Crippen LogP contribution in [0.15, 0.2) is 36.4 Å². The fraction of sp³-hybridized carbons (Fsp3) is 0.333. The molecule has 96 valence electrons. The molecule has 3 heteroatoms. The Morgan fingerprint density at radius 1 is 1.28 bits per heavy atom. The van der Waals surface area contributed by atoms with Crippen LogP contribution in [0.4, 0.5) is 0 Å². The summed E-state index contributed by atoms with van der Waals surface area (Å²) in [6.07, 6.45) is 0.117. The molecule has 2 nitrogen and oxygen atoms in total. The lowest BCUT2D eigenvalue weighted by Crippen LogP contribution is -2.00. The lowest BCUT2D eigenvalue weighted by molar-refractivity contribution is 0.0525. The monoisotopic (exact) mass is 261 g/mol. The first-order valence-electron chi connectivity index (χ1n) is 6.15. The highest BCUT2D eigenvalue weighted by Gasteiger charge is 2.08. The summed E-state index contributed by atoms with van der Waals surface area (Å²) in [6, 6.07) is 12.4. The van der Waals surface area contributed by atoms with Gasteiger partial charge in [-0.2, -0.15) is 0 Å². The molecule has 2 aromatic rings. The summed E-state index contributed by atoms with van der Waals surface area (Å²) < 4.78 is 5.92. The molecule has 1 atom stereocenters. The molecule has 0 aliphatic rings. The number of hydrogen-bond acceptors (Lipinski definition) is 3. The summed E-state index contributed by atoms with van der Waals surface area (Å²) >= 11 is 1.76. The number of thiophene rings is 1. The van der Waals surface area contributed by atoms with Crippen molar-refractivity contribution in [1.82, 2.24) is 0 Å². The number of hydrogen-bond donors (Lipinski definition) is 1. The van der Waals surface area contributed by atoms with Crippen molar-refractivity contribution in [1.29, 1.82) is 0 Å². The first kappa shape index (κ1) is 13.3. The second-order valence-corrected chi connectivity index (χ2v) is 5.70. The standard InChI is InChI=1S/C15H19NOS/c1-11(13-6-4-3-5-7-13)17-10-14-8-15(9-16)18-12(14)2/h3-8,11H,9-10,16H2,1-2H3. The van der Waals surface area contributed by atoms with Crippen molar-refractivity contribution in [2.45, 2.75) is 33.1 Å². The number of ether oxygens (including phenoxy) is 1. The Bertz CT molecular complexity index is 492. The molecule has 0 aliphatic heterocycles. The Morgan fingerprint density at radius 3 is 2.61 bits per heavy atom. The normalized spacial score (nSPS) is 12.6. The van der Waals surface area contributed by atoms with E-state index in [0.717, 1.165) is 0 Å². The van der Waals surface area contributed by atoms with Crippen molar-refractivity contribution in [3.8, 4) is 0 Å². The maximum absolute atomic E-state index is 5.92. The minimum absolute atomic E-state index is 0.117. The second kappa shape index (κ2) is 6.14. The molecule has 0 radical (unpaired) electrons. The minimum Gasteiger partial charge on any atom is -0.369 e. The Balaban J connectivity index is 1.97. The molecule has 18 heavy (non-hydrogen) atoms. The molecule has 1 unspecified atom stereocenters. The van der Waals surface area contributed by atoms with Gasteiger partial charge in [-0.15, -0.1) is 11.3 Å². The molecule has 0 bridgehead atoms. The van der Waals surface area contributed by atoms with Crippen molar-refractivity contribution in [2.75, 3.05) is 0 Å². The van der Waals surface area contributed by atoms with E-state index in [1.54, 1.807) is 11.3 Å². The fourth-order valence-electron chi connectivity index (χ4n) is 1.87. The Morgan fingerprint density at radius 2 is 2.00 bits per heavy atom. The Hall–Kier alpha value is -1.16. The highest BCUT2D eigenvalue weighted by Crippen LogP contribution is 2.24. The zero-order valence-corrected chi connectivity index (χ0v) is 11.7. The van der Waals surface area contributed by atoms with Crippen LogP contribution in [0.1, 0.15) is 33.9 Å². The molecule has 2 rings (SSSR count). The van der Waals surface area contributed by atoms with Gasteiger partial charge in [0.25, 0.3) is 0 Å². The predicted octanol–water partition coefficient (Wildman–Crippen LogP) is 3.79. The van der Waals surface area contributed by atoms with Gasteiger partial charge in [-0.25, -0.2) is 0 Å². The van der Waals surface area contributed by atoms with Gasteiger partial charge in [0.15, 0.2) is 0 Å². The van der Waals surface area contributed by atoms with E-state index >= 15 is 0 Å². The maximum Gasteiger partial charge on any atom is 0.0801 e. The summed E-state index contributed by atoms with van der Waals surface area (Å²) in [4.78, 5) is 2.52. The quantitative estimate of drug-likeness (QED) is 0.888. The van der Waals surface area contributed by atoms with Crippen molar-refractivity contribution in [3.63, 3.8) is 0 Å². The van der Waals surface area contributed by atoms with Crippen LogP contribution >= 0.6 is 11.3 Å². The highest BCUT2D eigenvalue weighted by atomic mass is 32.1. The fourth-order valence-corrected chi connectivity index (χ4v) is 2.79. The van der Waals surface area contributed by atoms with E-state index in [1.165, 1.54) is 20.9 Å². The van der Waals surface area contributed by atoms with Crippen LogP contribution in [0.2, 0.25) is 0 Å². The Labute approximate surface area is 112 Å². The molecule has 0 amide bonds. The SMILES string of the molecule is Cc1sc(CN)cc1COC(C)c1ccccc1. The largest absolute Gasteiger partial charge is 0.369 e. The van der Waals surface area contributed by atoms with Crippen LogP contribution in [0.3, 0.4) is 0 Å². The molecule has 0 aliphatic carbocycles. The summed E-state index contributed by atoms with van der Waals surface area (Å²) in [5, 5.41) is 0. The number of nitrogens with two attached hydrogens (primary N) is 1. The van der Waals surface area contributed by atoms with E-state index in [2.05, 4.69) is 32.0 Å². The maximum atomic E-state index is 5.92. The van der Waals surface area contributed by atoms with Gasteiger partial charge in [-0.3, -0.25) is 0 Å². The average molecular weight is 261 g/mol. The molecular weight excluding hydrogens is 242 g/mol. The van der Waals surface area contributed by atoms with Crippen LogP contribution < -0.4 is 5.73 Å². The minimum atomic E-state index is 0.117. The van der Waals surface area contributed by atoms with Crippen molar-refractivity contribution >= 4 is 11.3 Å². The smallest absolute Gasteiger partial charge is 0.0801 e. The molecule has 1 heterocycles. The van der Waals surface area contributed by atoms with Crippen molar-refractivity contribution in [2.24, 2.45) is 5.73 Å². The number of rotatable bonds is 5. The second-order valence-electron chi connectivity index (χ2n) is 4.36. The third-order valence-corrected chi connectivity index (χ3v) is 4.15. The van der Waals surface area contributed by atoms with E-state index in [0.29, 0.717) is 13.2 Å². The zero-order valence-electron chi connectivity index (χ0n) is 10.8. The molecule has 2 N–H and O–H groups in total. The van der Waals surface area contributed by atoms with Crippen LogP contribution in [-0.2, 0) is 17.9 Å². The lowest BCUT2D eigenvalue weighted by atomic mass is 10.1. The van der Waals surface area contributed by atoms with Crippen LogP contribution in [0.5, 0.6) is 0 Å². The predicted molar refractivity (Wildman–Crippen MR) is 76.6 cm³/mol. The number of benzene rings is 1. The van der Waals surface area contributed by atoms with Gasteiger partial charge < -0.3 is 10.5 Å². The zero-order chi connectivity index (χ0) is 13.0. The van der Waals surface area contributed by atoms with Crippen molar-refractivity contribution in [3.05, 3.63) is 57.3 Å². The summed E-state index contributed by atoms with van der Waals surface area (Å²) in [7, 11) is 0. The van der Waals surface area contributed by atoms with Gasteiger partial charge in [-0.1, -0.05) is 30.3 Å².